The molecule has 0 aliphatic rings. The molecule has 0 radical (unpaired) electrons. The van der Waals surface area contributed by atoms with Gasteiger partial charge in [0.15, 0.2) is 0 Å². The van der Waals surface area contributed by atoms with E-state index in [2.05, 4.69) is 63.4 Å². The van der Waals surface area contributed by atoms with E-state index in [4.69, 9.17) is 0 Å². The molecule has 2 aromatic carbocycles. The Morgan fingerprint density at radius 2 is 1.05 bits per heavy atom. The zero-order valence-corrected chi connectivity index (χ0v) is 25.4. The Kier molecular flexibility index (Phi) is 14.5. The predicted octanol–water partition coefficient (Wildman–Crippen LogP) is 10.5. The first kappa shape index (κ1) is 31.5. The van der Waals surface area contributed by atoms with Crippen LogP contribution in [0.2, 0.25) is 0 Å². The summed E-state index contributed by atoms with van der Waals surface area (Å²) in [5.41, 5.74) is 3.63. The molecule has 0 aliphatic heterocycles. The van der Waals surface area contributed by atoms with E-state index in [9.17, 15) is 9.59 Å². The van der Waals surface area contributed by atoms with E-state index in [1.165, 1.54) is 83.0 Å². The Balaban J connectivity index is 2.28. The molecule has 0 saturated carbocycles. The monoisotopic (exact) mass is 554 g/mol. The second kappa shape index (κ2) is 17.0. The molecule has 0 N–H and O–H groups in total. The molecule has 0 heterocycles. The van der Waals surface area contributed by atoms with Crippen LogP contribution in [0.1, 0.15) is 90.2 Å². The van der Waals surface area contributed by atoms with Crippen molar-refractivity contribution >= 4 is 45.5 Å². The van der Waals surface area contributed by atoms with Crippen molar-refractivity contribution in [3.05, 3.63) is 71.8 Å². The van der Waals surface area contributed by atoms with Gasteiger partial charge in [-0.15, -0.1) is 0 Å². The molecular weight excluding hydrogens is 513 g/mol. The molecule has 0 aliphatic carbocycles. The van der Waals surface area contributed by atoms with Crippen LogP contribution >= 0.6 is 35.3 Å². The number of benzene rings is 2. The predicted molar refractivity (Wildman–Crippen MR) is 164 cm³/mol. The van der Waals surface area contributed by atoms with Crippen molar-refractivity contribution in [2.45, 2.75) is 111 Å². The average molecular weight is 555 g/mol. The van der Waals surface area contributed by atoms with Crippen molar-refractivity contribution in [3.8, 4) is 0 Å². The van der Waals surface area contributed by atoms with Crippen LogP contribution in [-0.2, 0) is 22.4 Å². The third-order valence-electron chi connectivity index (χ3n) is 6.00. The van der Waals surface area contributed by atoms with Gasteiger partial charge in [-0.3, -0.25) is 9.59 Å². The van der Waals surface area contributed by atoms with E-state index in [0.29, 0.717) is 11.1 Å². The fourth-order valence-corrected chi connectivity index (χ4v) is 6.37. The van der Waals surface area contributed by atoms with Gasteiger partial charge >= 0.3 is 0 Å². The number of hydrogen-bond donors (Lipinski definition) is 0. The molecule has 0 unspecified atom stereocenters. The Morgan fingerprint density at radius 3 is 1.41 bits per heavy atom. The largest absolute Gasteiger partial charge is 0.282 e. The molecule has 0 spiro atoms. The summed E-state index contributed by atoms with van der Waals surface area (Å²) in [6.07, 6.45) is 11.5. The lowest BCUT2D eigenvalue weighted by molar-refractivity contribution is -0.108. The van der Waals surface area contributed by atoms with Crippen molar-refractivity contribution < 1.29 is 9.59 Å². The summed E-state index contributed by atoms with van der Waals surface area (Å²) >= 11 is 4.33. The van der Waals surface area contributed by atoms with Gasteiger partial charge in [0, 0.05) is 19.6 Å². The molecule has 0 atom stereocenters. The molecule has 0 fully saturated rings. The van der Waals surface area contributed by atoms with E-state index in [1.807, 2.05) is 0 Å². The van der Waals surface area contributed by atoms with Crippen LogP contribution in [-0.4, -0.2) is 10.2 Å². The smallest absolute Gasteiger partial charge is 0.219 e. The summed E-state index contributed by atoms with van der Waals surface area (Å²) in [7, 11) is 0. The van der Waals surface area contributed by atoms with E-state index >= 15 is 0 Å². The zero-order chi connectivity index (χ0) is 27.2. The topological polar surface area (TPSA) is 34.1 Å². The minimum Gasteiger partial charge on any atom is -0.282 e. The second-order valence-electron chi connectivity index (χ2n) is 9.60. The standard InChI is InChI=1S/C32H42O2S3/c1-7-9-11-13-15-25-21-27(17-19-29(25)36-31(33)23(3)4)35-28-18-20-30(37-32(34)24(5)6)26(22-28)16-14-12-10-8-2/h17-22H,3,5,7-16H2,1-2,4,6H3. The lowest BCUT2D eigenvalue weighted by atomic mass is 10.1. The van der Waals surface area contributed by atoms with Crippen LogP contribution < -0.4 is 0 Å². The minimum atomic E-state index is 0.0281. The van der Waals surface area contributed by atoms with Gasteiger partial charge in [0.25, 0.3) is 0 Å². The van der Waals surface area contributed by atoms with E-state index in [-0.39, 0.29) is 10.2 Å². The highest BCUT2D eigenvalue weighted by Gasteiger charge is 2.14. The van der Waals surface area contributed by atoms with Gasteiger partial charge in [-0.2, -0.15) is 0 Å². The Labute approximate surface area is 237 Å². The molecular formula is C32H42O2S3. The number of thioether (sulfide) groups is 2. The average Bonchev–Trinajstić information content (AvgIpc) is 2.87. The van der Waals surface area contributed by atoms with Crippen molar-refractivity contribution in [1.82, 2.24) is 0 Å². The van der Waals surface area contributed by atoms with Crippen LogP contribution in [0.5, 0.6) is 0 Å². The van der Waals surface area contributed by atoms with Crippen LogP contribution in [0.3, 0.4) is 0 Å². The molecule has 0 bridgehead atoms. The third kappa shape index (κ3) is 11.3. The number of carbonyl (C=O) groups is 2. The second-order valence-corrected chi connectivity index (χ2v) is 12.8. The lowest BCUT2D eigenvalue weighted by Crippen LogP contribution is -1.97. The lowest BCUT2D eigenvalue weighted by Gasteiger charge is -2.13. The van der Waals surface area contributed by atoms with Crippen molar-refractivity contribution in [2.24, 2.45) is 0 Å². The zero-order valence-electron chi connectivity index (χ0n) is 23.0. The number of rotatable bonds is 16. The normalized spacial score (nSPS) is 10.9. The maximum absolute atomic E-state index is 12.4. The van der Waals surface area contributed by atoms with Crippen LogP contribution in [0, 0.1) is 0 Å². The summed E-state index contributed by atoms with van der Waals surface area (Å²) in [6, 6.07) is 12.9. The number of hydrogen-bond acceptors (Lipinski definition) is 5. The molecule has 2 rings (SSSR count). The Bertz CT molecular complexity index is 1000. The van der Waals surface area contributed by atoms with Crippen molar-refractivity contribution in [3.63, 3.8) is 0 Å². The maximum atomic E-state index is 12.4. The van der Waals surface area contributed by atoms with Crippen LogP contribution in [0.4, 0.5) is 0 Å². The first-order valence-electron chi connectivity index (χ1n) is 13.4. The highest BCUT2D eigenvalue weighted by molar-refractivity contribution is 8.14. The first-order chi connectivity index (χ1) is 17.7. The molecule has 200 valence electrons. The van der Waals surface area contributed by atoms with E-state index in [0.717, 1.165) is 35.5 Å². The highest BCUT2D eigenvalue weighted by Crippen LogP contribution is 2.36. The Hall–Kier alpha value is -1.69. The van der Waals surface area contributed by atoms with Gasteiger partial charge in [0.1, 0.15) is 0 Å². The van der Waals surface area contributed by atoms with Gasteiger partial charge in [0.2, 0.25) is 10.2 Å². The molecule has 0 saturated heterocycles. The highest BCUT2D eigenvalue weighted by atomic mass is 32.2. The molecule has 5 heteroatoms. The summed E-state index contributed by atoms with van der Waals surface area (Å²) < 4.78 is 0. The molecule has 2 nitrogen and oxygen atoms in total. The van der Waals surface area contributed by atoms with Gasteiger partial charge in [-0.25, -0.2) is 0 Å². The van der Waals surface area contributed by atoms with Crippen LogP contribution in [0.15, 0.2) is 80.3 Å². The maximum Gasteiger partial charge on any atom is 0.219 e. The van der Waals surface area contributed by atoms with Gasteiger partial charge in [0.05, 0.1) is 0 Å². The molecule has 37 heavy (non-hydrogen) atoms. The van der Waals surface area contributed by atoms with Crippen molar-refractivity contribution in [2.75, 3.05) is 0 Å². The third-order valence-corrected chi connectivity index (χ3v) is 9.28. The minimum absolute atomic E-state index is 0.0281. The number of unbranched alkanes of at least 4 members (excludes halogenated alkanes) is 6. The van der Waals surface area contributed by atoms with Gasteiger partial charge < -0.3 is 0 Å². The number of aryl methyl sites for hydroxylation is 2. The SMILES string of the molecule is C=C(C)C(=O)Sc1ccc(Sc2ccc(SC(=O)C(=C)C)c(CCCCCC)c2)cc1CCCCCC. The van der Waals surface area contributed by atoms with Gasteiger partial charge in [-0.05, 0) is 122 Å². The summed E-state index contributed by atoms with van der Waals surface area (Å²) in [5.74, 6) is 0. The fraction of sp³-hybridized carbons (Fsp3) is 0.438. The number of carbonyl (C=O) groups excluding carboxylic acids is 2. The quantitative estimate of drug-likeness (QED) is 0.117. The van der Waals surface area contributed by atoms with E-state index in [1.54, 1.807) is 25.6 Å². The van der Waals surface area contributed by atoms with Gasteiger partial charge in [-0.1, -0.05) is 77.3 Å². The molecule has 2 aromatic rings. The fourth-order valence-electron chi connectivity index (χ4n) is 3.82. The van der Waals surface area contributed by atoms with Crippen molar-refractivity contribution in [1.29, 1.82) is 0 Å². The summed E-state index contributed by atoms with van der Waals surface area (Å²) in [4.78, 5) is 29.1. The van der Waals surface area contributed by atoms with E-state index < -0.39 is 0 Å². The first-order valence-corrected chi connectivity index (χ1v) is 15.9. The summed E-state index contributed by atoms with van der Waals surface area (Å²) in [6.45, 7) is 15.6. The molecule has 0 aromatic heterocycles. The Morgan fingerprint density at radius 1 is 0.649 bits per heavy atom. The molecule has 0 amide bonds. The summed E-state index contributed by atoms with van der Waals surface area (Å²) in [5, 5.41) is 0.0562. The van der Waals surface area contributed by atoms with Crippen LogP contribution in [0.25, 0.3) is 0 Å².